The molecule has 0 bridgehead atoms. The van der Waals surface area contributed by atoms with Gasteiger partial charge in [-0.25, -0.2) is 4.98 Å². The summed E-state index contributed by atoms with van der Waals surface area (Å²) < 4.78 is 12.8. The second-order valence-corrected chi connectivity index (χ2v) is 5.74. The van der Waals surface area contributed by atoms with Gasteiger partial charge in [-0.05, 0) is 23.8 Å². The highest BCUT2D eigenvalue weighted by molar-refractivity contribution is 5.49. The van der Waals surface area contributed by atoms with Crippen LogP contribution < -0.4 is 4.90 Å². The summed E-state index contributed by atoms with van der Waals surface area (Å²) >= 11 is 0. The number of hydrogen-bond donors (Lipinski definition) is 0. The van der Waals surface area contributed by atoms with Crippen molar-refractivity contribution in [2.45, 2.75) is 25.0 Å². The maximum atomic E-state index is 11.0. The van der Waals surface area contributed by atoms with Gasteiger partial charge in [0.05, 0.1) is 12.7 Å². The van der Waals surface area contributed by atoms with Gasteiger partial charge in [-0.1, -0.05) is 9.61 Å². The Balaban J connectivity index is 1.60. The first-order valence-electron chi connectivity index (χ1n) is 7.70. The van der Waals surface area contributed by atoms with E-state index in [0.717, 1.165) is 19.4 Å². The second-order valence-electron chi connectivity index (χ2n) is 5.74. The maximum absolute atomic E-state index is 11.0. The maximum Gasteiger partial charge on any atom is 0.368 e. The van der Waals surface area contributed by atoms with E-state index in [1.165, 1.54) is 10.7 Å². The predicted molar refractivity (Wildman–Crippen MR) is 80.6 cm³/mol. The lowest BCUT2D eigenvalue weighted by Crippen LogP contribution is -2.48. The Morgan fingerprint density at radius 2 is 2.13 bits per heavy atom. The van der Waals surface area contributed by atoms with Crippen molar-refractivity contribution in [2.75, 3.05) is 31.2 Å². The van der Waals surface area contributed by atoms with Gasteiger partial charge in [0.2, 0.25) is 5.65 Å². The van der Waals surface area contributed by atoms with Gasteiger partial charge in [0, 0.05) is 25.8 Å². The molecule has 0 N–H and O–H groups in total. The van der Waals surface area contributed by atoms with E-state index < -0.39 is 4.92 Å². The fourth-order valence-corrected chi connectivity index (χ4v) is 3.15. The number of nitrogens with zero attached hydrogens (tertiary/aromatic N) is 5. The van der Waals surface area contributed by atoms with Crippen LogP contribution in [0.4, 0.5) is 11.6 Å². The lowest BCUT2D eigenvalue weighted by atomic mass is 10.1. The van der Waals surface area contributed by atoms with Crippen molar-refractivity contribution in [1.29, 1.82) is 0 Å². The third-order valence-electron chi connectivity index (χ3n) is 4.31. The highest BCUT2D eigenvalue weighted by Gasteiger charge is 2.32. The van der Waals surface area contributed by atoms with Gasteiger partial charge < -0.3 is 24.5 Å². The number of aromatic nitrogens is 3. The molecule has 2 fully saturated rings. The normalized spacial score (nSPS) is 25.1. The highest BCUT2D eigenvalue weighted by atomic mass is 16.6. The smallest absolute Gasteiger partial charge is 0.368 e. The lowest BCUT2D eigenvalue weighted by Gasteiger charge is -2.35. The Bertz CT molecular complexity index is 727. The molecule has 2 aromatic heterocycles. The molecule has 0 aromatic carbocycles. The van der Waals surface area contributed by atoms with Gasteiger partial charge in [-0.15, -0.1) is 0 Å². The molecular weight excluding hydrogens is 302 g/mol. The Morgan fingerprint density at radius 1 is 1.26 bits per heavy atom. The first-order valence-corrected chi connectivity index (χ1v) is 7.70. The van der Waals surface area contributed by atoms with Crippen molar-refractivity contribution >= 4 is 17.3 Å². The van der Waals surface area contributed by atoms with Gasteiger partial charge in [0.25, 0.3) is 0 Å². The van der Waals surface area contributed by atoms with Gasteiger partial charge >= 0.3 is 5.82 Å². The van der Waals surface area contributed by atoms with Crippen molar-refractivity contribution in [1.82, 2.24) is 14.6 Å². The third-order valence-corrected chi connectivity index (χ3v) is 4.31. The second kappa shape index (κ2) is 5.74. The van der Waals surface area contributed by atoms with Gasteiger partial charge in [-0.3, -0.25) is 0 Å². The van der Waals surface area contributed by atoms with Crippen LogP contribution >= 0.6 is 0 Å². The summed E-state index contributed by atoms with van der Waals surface area (Å²) in [5, 5.41) is 15.4. The Kier molecular flexibility index (Phi) is 3.58. The molecule has 9 nitrogen and oxygen atoms in total. The number of anilines is 1. The number of fused-ring (bicyclic) bond motifs is 1. The minimum atomic E-state index is -0.481. The molecule has 9 heteroatoms. The van der Waals surface area contributed by atoms with E-state index in [1.807, 2.05) is 6.07 Å². The quantitative estimate of drug-likeness (QED) is 0.615. The molecule has 4 rings (SSSR count). The van der Waals surface area contributed by atoms with E-state index in [-0.39, 0.29) is 18.0 Å². The van der Waals surface area contributed by atoms with E-state index in [1.54, 1.807) is 6.07 Å². The summed E-state index contributed by atoms with van der Waals surface area (Å²) in [7, 11) is 0. The Hall–Kier alpha value is -2.26. The lowest BCUT2D eigenvalue weighted by molar-refractivity contribution is -0.391. The molecule has 2 aliphatic rings. The van der Waals surface area contributed by atoms with Gasteiger partial charge in [0.15, 0.2) is 5.82 Å². The molecular formula is C14H17N5O4. The van der Waals surface area contributed by atoms with Crippen molar-refractivity contribution < 1.29 is 14.4 Å². The van der Waals surface area contributed by atoms with Gasteiger partial charge in [-0.2, -0.15) is 0 Å². The Morgan fingerprint density at radius 3 is 2.91 bits per heavy atom. The largest absolute Gasteiger partial charge is 0.375 e. The molecule has 0 aliphatic carbocycles. The summed E-state index contributed by atoms with van der Waals surface area (Å²) in [5.41, 5.74) is 0.462. The van der Waals surface area contributed by atoms with Crippen molar-refractivity contribution in [3.05, 3.63) is 28.4 Å². The molecule has 2 aromatic rings. The molecule has 0 amide bonds. The van der Waals surface area contributed by atoms with Crippen molar-refractivity contribution in [3.63, 3.8) is 0 Å². The standard InChI is InChI=1S/C14H17N5O4/c20-19(21)14-8-15-12-3-4-13(16-18(12)14)17-5-7-23-11(9-17)10-2-1-6-22-10/h3-4,8,10-11H,1-2,5-7,9H2. The first kappa shape index (κ1) is 14.3. The SMILES string of the molecule is O=[N+]([O-])c1cnc2ccc(N3CCOC(C4CCCO4)C3)nn12. The number of ether oxygens (including phenoxy) is 2. The molecule has 0 radical (unpaired) electrons. The van der Waals surface area contributed by atoms with Crippen LogP contribution in [0.5, 0.6) is 0 Å². The van der Waals surface area contributed by atoms with Crippen LogP contribution in [0, 0.1) is 10.1 Å². The van der Waals surface area contributed by atoms with Gasteiger partial charge in [0.1, 0.15) is 12.3 Å². The van der Waals surface area contributed by atoms with Crippen LogP contribution in [0.15, 0.2) is 18.3 Å². The summed E-state index contributed by atoms with van der Waals surface area (Å²) in [6.07, 6.45) is 3.44. The highest BCUT2D eigenvalue weighted by Crippen LogP contribution is 2.24. The Labute approximate surface area is 132 Å². The number of morpholine rings is 1. The number of imidazole rings is 1. The summed E-state index contributed by atoms with van der Waals surface area (Å²) in [6, 6.07) is 3.58. The summed E-state index contributed by atoms with van der Waals surface area (Å²) in [6.45, 7) is 2.75. The number of hydrogen-bond acceptors (Lipinski definition) is 7. The first-order chi connectivity index (χ1) is 11.2. The van der Waals surface area contributed by atoms with E-state index in [0.29, 0.717) is 31.2 Å². The van der Waals surface area contributed by atoms with Crippen LogP contribution in [0.25, 0.3) is 5.65 Å². The average molecular weight is 319 g/mol. The van der Waals surface area contributed by atoms with Crippen LogP contribution in [0.3, 0.4) is 0 Å². The third kappa shape index (κ3) is 2.62. The topological polar surface area (TPSA) is 95.0 Å². The van der Waals surface area contributed by atoms with Crippen LogP contribution in [0.1, 0.15) is 12.8 Å². The average Bonchev–Trinajstić information content (AvgIpc) is 3.24. The molecule has 4 heterocycles. The minimum absolute atomic E-state index is 0.0153. The number of rotatable bonds is 3. The summed E-state index contributed by atoms with van der Waals surface area (Å²) in [4.78, 5) is 16.6. The molecule has 2 atom stereocenters. The van der Waals surface area contributed by atoms with Crippen LogP contribution in [-0.4, -0.2) is 58.0 Å². The zero-order valence-electron chi connectivity index (χ0n) is 12.5. The molecule has 2 unspecified atom stereocenters. The van der Waals surface area contributed by atoms with E-state index >= 15 is 0 Å². The van der Waals surface area contributed by atoms with Crippen molar-refractivity contribution in [2.24, 2.45) is 0 Å². The predicted octanol–water partition coefficient (Wildman–Crippen LogP) is 1.02. The molecule has 23 heavy (non-hydrogen) atoms. The summed E-state index contributed by atoms with van der Waals surface area (Å²) in [5.74, 6) is 0.552. The van der Waals surface area contributed by atoms with Crippen LogP contribution in [-0.2, 0) is 9.47 Å². The van der Waals surface area contributed by atoms with E-state index in [9.17, 15) is 10.1 Å². The number of nitro groups is 1. The molecule has 122 valence electrons. The van der Waals surface area contributed by atoms with E-state index in [4.69, 9.17) is 9.47 Å². The fourth-order valence-electron chi connectivity index (χ4n) is 3.15. The minimum Gasteiger partial charge on any atom is -0.375 e. The zero-order chi connectivity index (χ0) is 15.8. The van der Waals surface area contributed by atoms with Crippen molar-refractivity contribution in [3.8, 4) is 0 Å². The van der Waals surface area contributed by atoms with Crippen LogP contribution in [0.2, 0.25) is 0 Å². The molecule has 2 saturated heterocycles. The fraction of sp³-hybridized carbons (Fsp3) is 0.571. The zero-order valence-corrected chi connectivity index (χ0v) is 12.5. The monoisotopic (exact) mass is 319 g/mol. The molecule has 0 saturated carbocycles. The van der Waals surface area contributed by atoms with E-state index in [2.05, 4.69) is 15.0 Å². The molecule has 0 spiro atoms. The molecule has 2 aliphatic heterocycles.